The molecule has 0 bridgehead atoms. The van der Waals surface area contributed by atoms with Crippen LogP contribution in [0, 0.1) is 12.7 Å². The molecule has 0 saturated heterocycles. The molecule has 20 heavy (non-hydrogen) atoms. The number of hydrogen-bond donors (Lipinski definition) is 2. The first-order valence-electron chi connectivity index (χ1n) is 5.41. The SMILES string of the molecule is Cc1cc(NC(=O)c2ccsc2S(=O)(=O)O)ccc1F. The maximum absolute atomic E-state index is 13.1. The first kappa shape index (κ1) is 14.6. The molecule has 8 heteroatoms. The van der Waals surface area contributed by atoms with Gasteiger partial charge in [0.25, 0.3) is 5.91 Å². The maximum atomic E-state index is 13.1. The smallest absolute Gasteiger partial charge is 0.304 e. The minimum absolute atomic E-state index is 0.153. The van der Waals surface area contributed by atoms with Crippen molar-refractivity contribution in [2.75, 3.05) is 5.32 Å². The number of benzene rings is 1. The molecular weight excluding hydrogens is 305 g/mol. The quantitative estimate of drug-likeness (QED) is 0.853. The van der Waals surface area contributed by atoms with Gasteiger partial charge >= 0.3 is 10.1 Å². The molecule has 1 aromatic carbocycles. The fraction of sp³-hybridized carbons (Fsp3) is 0.0833. The lowest BCUT2D eigenvalue weighted by molar-refractivity contribution is 0.102. The third-order valence-electron chi connectivity index (χ3n) is 2.52. The number of aryl methyl sites for hydroxylation is 1. The van der Waals surface area contributed by atoms with Crippen molar-refractivity contribution in [3.63, 3.8) is 0 Å². The molecule has 1 heterocycles. The highest BCUT2D eigenvalue weighted by Crippen LogP contribution is 2.23. The minimum Gasteiger partial charge on any atom is -0.322 e. The summed E-state index contributed by atoms with van der Waals surface area (Å²) in [5, 5.41) is 3.83. The van der Waals surface area contributed by atoms with Crippen LogP contribution in [0.1, 0.15) is 15.9 Å². The molecule has 0 aliphatic rings. The maximum Gasteiger partial charge on any atom is 0.304 e. The van der Waals surface area contributed by atoms with Crippen LogP contribution in [-0.4, -0.2) is 18.9 Å². The third kappa shape index (κ3) is 3.03. The van der Waals surface area contributed by atoms with E-state index in [4.69, 9.17) is 4.55 Å². The zero-order valence-corrected chi connectivity index (χ0v) is 11.9. The highest BCUT2D eigenvalue weighted by molar-refractivity contribution is 7.88. The lowest BCUT2D eigenvalue weighted by Crippen LogP contribution is -2.14. The Morgan fingerprint density at radius 2 is 2.05 bits per heavy atom. The normalized spacial score (nSPS) is 11.3. The van der Waals surface area contributed by atoms with Gasteiger partial charge < -0.3 is 5.32 Å². The molecule has 0 aliphatic carbocycles. The Bertz CT molecular complexity index is 768. The van der Waals surface area contributed by atoms with E-state index in [0.717, 1.165) is 11.3 Å². The fourth-order valence-electron chi connectivity index (χ4n) is 1.58. The van der Waals surface area contributed by atoms with Crippen LogP contribution >= 0.6 is 11.3 Å². The van der Waals surface area contributed by atoms with E-state index < -0.39 is 26.1 Å². The Balaban J connectivity index is 2.29. The van der Waals surface area contributed by atoms with Gasteiger partial charge in [0.05, 0.1) is 5.56 Å². The molecule has 0 atom stereocenters. The molecule has 0 radical (unpaired) electrons. The molecule has 0 fully saturated rings. The summed E-state index contributed by atoms with van der Waals surface area (Å²) in [6.45, 7) is 1.54. The Hall–Kier alpha value is -1.77. The van der Waals surface area contributed by atoms with E-state index in [9.17, 15) is 17.6 Å². The number of carbonyl (C=O) groups is 1. The Kier molecular flexibility index (Phi) is 3.89. The van der Waals surface area contributed by atoms with Crippen molar-refractivity contribution in [2.24, 2.45) is 0 Å². The minimum atomic E-state index is -4.44. The van der Waals surface area contributed by atoms with E-state index in [0.29, 0.717) is 11.3 Å². The van der Waals surface area contributed by atoms with Crippen molar-refractivity contribution >= 4 is 33.0 Å². The van der Waals surface area contributed by atoms with Crippen LogP contribution in [0.2, 0.25) is 0 Å². The number of hydrogen-bond acceptors (Lipinski definition) is 4. The van der Waals surface area contributed by atoms with E-state index in [1.54, 1.807) is 6.92 Å². The van der Waals surface area contributed by atoms with Gasteiger partial charge in [-0.3, -0.25) is 9.35 Å². The second kappa shape index (κ2) is 5.31. The predicted octanol–water partition coefficient (Wildman–Crippen LogP) is 2.69. The Morgan fingerprint density at radius 3 is 2.65 bits per heavy atom. The second-order valence-electron chi connectivity index (χ2n) is 4.01. The number of rotatable bonds is 3. The van der Waals surface area contributed by atoms with E-state index in [2.05, 4.69) is 5.32 Å². The average molecular weight is 315 g/mol. The molecule has 2 N–H and O–H groups in total. The monoisotopic (exact) mass is 315 g/mol. The number of carbonyl (C=O) groups excluding carboxylic acids is 1. The molecule has 106 valence electrons. The molecule has 1 aromatic heterocycles. The number of thiophene rings is 1. The second-order valence-corrected chi connectivity index (χ2v) is 6.55. The fourth-order valence-corrected chi connectivity index (χ4v) is 3.29. The molecule has 0 saturated carbocycles. The summed E-state index contributed by atoms with van der Waals surface area (Å²) in [4.78, 5) is 12.0. The summed E-state index contributed by atoms with van der Waals surface area (Å²) in [6.07, 6.45) is 0. The lowest BCUT2D eigenvalue weighted by Gasteiger charge is -2.06. The molecule has 0 spiro atoms. The van der Waals surface area contributed by atoms with Gasteiger partial charge in [0, 0.05) is 5.69 Å². The van der Waals surface area contributed by atoms with E-state index in [1.807, 2.05) is 0 Å². The predicted molar refractivity (Wildman–Crippen MR) is 73.2 cm³/mol. The first-order valence-corrected chi connectivity index (χ1v) is 7.73. The molecule has 2 aromatic rings. The van der Waals surface area contributed by atoms with Crippen LogP contribution in [-0.2, 0) is 10.1 Å². The summed E-state index contributed by atoms with van der Waals surface area (Å²) in [6, 6.07) is 5.27. The van der Waals surface area contributed by atoms with Crippen LogP contribution < -0.4 is 5.32 Å². The standard InChI is InChI=1S/C12H10FNO4S2/c1-7-6-8(2-3-10(7)13)14-11(15)9-4-5-19-12(9)20(16,17)18/h2-6H,1H3,(H,14,15)(H,16,17,18). The van der Waals surface area contributed by atoms with Gasteiger partial charge in [-0.15, -0.1) is 11.3 Å². The van der Waals surface area contributed by atoms with Gasteiger partial charge in [0.2, 0.25) is 0 Å². The Labute approximate surface area is 118 Å². The van der Waals surface area contributed by atoms with Gasteiger partial charge in [-0.1, -0.05) is 0 Å². The summed E-state index contributed by atoms with van der Waals surface area (Å²) in [7, 11) is -4.44. The van der Waals surface area contributed by atoms with Crippen LogP contribution in [0.4, 0.5) is 10.1 Å². The van der Waals surface area contributed by atoms with Gasteiger partial charge in [-0.2, -0.15) is 8.42 Å². The van der Waals surface area contributed by atoms with Gasteiger partial charge in [0.15, 0.2) is 4.21 Å². The van der Waals surface area contributed by atoms with Gasteiger partial charge in [-0.05, 0) is 42.1 Å². The van der Waals surface area contributed by atoms with Crippen molar-refractivity contribution in [3.05, 3.63) is 46.6 Å². The molecule has 5 nitrogen and oxygen atoms in total. The number of amides is 1. The van der Waals surface area contributed by atoms with Crippen LogP contribution in [0.25, 0.3) is 0 Å². The summed E-state index contributed by atoms with van der Waals surface area (Å²) in [5.74, 6) is -1.10. The van der Waals surface area contributed by atoms with Crippen LogP contribution in [0.5, 0.6) is 0 Å². The zero-order chi connectivity index (χ0) is 14.9. The average Bonchev–Trinajstić information content (AvgIpc) is 2.83. The van der Waals surface area contributed by atoms with Gasteiger partial charge in [-0.25, -0.2) is 4.39 Å². The van der Waals surface area contributed by atoms with Crippen molar-refractivity contribution in [1.82, 2.24) is 0 Å². The molecule has 2 rings (SSSR count). The number of anilines is 1. The molecule has 0 aliphatic heterocycles. The van der Waals surface area contributed by atoms with Crippen molar-refractivity contribution in [3.8, 4) is 0 Å². The van der Waals surface area contributed by atoms with E-state index >= 15 is 0 Å². The number of halogens is 1. The van der Waals surface area contributed by atoms with E-state index in [1.165, 1.54) is 29.6 Å². The van der Waals surface area contributed by atoms with E-state index in [-0.39, 0.29) is 5.56 Å². The number of nitrogens with one attached hydrogen (secondary N) is 1. The highest BCUT2D eigenvalue weighted by Gasteiger charge is 2.22. The third-order valence-corrected chi connectivity index (χ3v) is 4.84. The zero-order valence-electron chi connectivity index (χ0n) is 10.3. The topological polar surface area (TPSA) is 83.5 Å². The molecule has 0 unspecified atom stereocenters. The van der Waals surface area contributed by atoms with Crippen LogP contribution in [0.15, 0.2) is 33.9 Å². The van der Waals surface area contributed by atoms with Crippen molar-refractivity contribution < 1.29 is 22.2 Å². The van der Waals surface area contributed by atoms with Crippen LogP contribution in [0.3, 0.4) is 0 Å². The lowest BCUT2D eigenvalue weighted by atomic mass is 10.2. The molecule has 1 amide bonds. The summed E-state index contributed by atoms with van der Waals surface area (Å²) in [5.41, 5.74) is 0.531. The van der Waals surface area contributed by atoms with Crippen molar-refractivity contribution in [1.29, 1.82) is 0 Å². The first-order chi connectivity index (χ1) is 9.29. The highest BCUT2D eigenvalue weighted by atomic mass is 32.3. The summed E-state index contributed by atoms with van der Waals surface area (Å²) < 4.78 is 43.9. The Morgan fingerprint density at radius 1 is 1.35 bits per heavy atom. The summed E-state index contributed by atoms with van der Waals surface area (Å²) >= 11 is 0.742. The molecular formula is C12H10FNO4S2. The van der Waals surface area contributed by atoms with Gasteiger partial charge in [0.1, 0.15) is 5.82 Å². The largest absolute Gasteiger partial charge is 0.322 e. The van der Waals surface area contributed by atoms with Crippen molar-refractivity contribution in [2.45, 2.75) is 11.1 Å².